The zero-order valence-corrected chi connectivity index (χ0v) is 8.76. The maximum atomic E-state index is 11.2. The van der Waals surface area contributed by atoms with E-state index < -0.39 is 0 Å². The van der Waals surface area contributed by atoms with Gasteiger partial charge in [0.05, 0.1) is 0 Å². The van der Waals surface area contributed by atoms with Crippen molar-refractivity contribution in [3.63, 3.8) is 0 Å². The minimum Gasteiger partial charge on any atom is -0.369 e. The summed E-state index contributed by atoms with van der Waals surface area (Å²) in [4.78, 5) is 11.2. The van der Waals surface area contributed by atoms with Gasteiger partial charge in [-0.1, -0.05) is 20.8 Å². The SMILES string of the molecule is CC(C)C1CC(C)(C(N)=O)CCN1. The fourth-order valence-corrected chi connectivity index (χ4v) is 1.89. The molecule has 1 fully saturated rings. The molecule has 0 bridgehead atoms. The third-order valence-electron chi connectivity index (χ3n) is 3.15. The standard InChI is InChI=1S/C10H20N2O/c1-7(2)8-6-10(3,9(11)13)4-5-12-8/h7-8,12H,4-6H2,1-3H3,(H2,11,13). The lowest BCUT2D eigenvalue weighted by atomic mass is 9.75. The molecule has 0 aliphatic carbocycles. The van der Waals surface area contributed by atoms with Gasteiger partial charge in [0.1, 0.15) is 0 Å². The summed E-state index contributed by atoms with van der Waals surface area (Å²) in [7, 11) is 0. The van der Waals surface area contributed by atoms with Gasteiger partial charge in [0.15, 0.2) is 0 Å². The molecule has 3 heteroatoms. The topological polar surface area (TPSA) is 55.1 Å². The van der Waals surface area contributed by atoms with Crippen molar-refractivity contribution >= 4 is 5.91 Å². The van der Waals surface area contributed by atoms with Gasteiger partial charge in [-0.05, 0) is 25.3 Å². The number of nitrogens with two attached hydrogens (primary N) is 1. The van der Waals surface area contributed by atoms with Crippen molar-refractivity contribution in [3.05, 3.63) is 0 Å². The molecule has 0 saturated carbocycles. The number of carbonyl (C=O) groups is 1. The molecule has 1 amide bonds. The van der Waals surface area contributed by atoms with Crippen molar-refractivity contribution in [2.45, 2.75) is 39.7 Å². The second-order valence-electron chi connectivity index (χ2n) is 4.68. The Morgan fingerprint density at radius 1 is 1.62 bits per heavy atom. The summed E-state index contributed by atoms with van der Waals surface area (Å²) in [6, 6.07) is 0.436. The highest BCUT2D eigenvalue weighted by molar-refractivity contribution is 5.80. The van der Waals surface area contributed by atoms with E-state index in [0.717, 1.165) is 19.4 Å². The predicted molar refractivity (Wildman–Crippen MR) is 53.2 cm³/mol. The molecule has 3 nitrogen and oxygen atoms in total. The number of piperidine rings is 1. The molecule has 76 valence electrons. The van der Waals surface area contributed by atoms with Crippen LogP contribution >= 0.6 is 0 Å². The smallest absolute Gasteiger partial charge is 0.223 e. The molecule has 0 aromatic carbocycles. The van der Waals surface area contributed by atoms with E-state index in [1.54, 1.807) is 0 Å². The Morgan fingerprint density at radius 2 is 2.23 bits per heavy atom. The second kappa shape index (κ2) is 3.66. The van der Waals surface area contributed by atoms with Gasteiger partial charge in [-0.2, -0.15) is 0 Å². The van der Waals surface area contributed by atoms with Crippen LogP contribution in [0.1, 0.15) is 33.6 Å². The average molecular weight is 184 g/mol. The number of rotatable bonds is 2. The van der Waals surface area contributed by atoms with Crippen LogP contribution in [0.3, 0.4) is 0 Å². The van der Waals surface area contributed by atoms with Crippen LogP contribution < -0.4 is 11.1 Å². The summed E-state index contributed by atoms with van der Waals surface area (Å²) < 4.78 is 0. The van der Waals surface area contributed by atoms with Crippen LogP contribution in [0.5, 0.6) is 0 Å². The number of carbonyl (C=O) groups excluding carboxylic acids is 1. The third-order valence-corrected chi connectivity index (χ3v) is 3.15. The normalized spacial score (nSPS) is 34.9. The van der Waals surface area contributed by atoms with Crippen molar-refractivity contribution in [3.8, 4) is 0 Å². The second-order valence-corrected chi connectivity index (χ2v) is 4.68. The minimum absolute atomic E-state index is 0.153. The fraction of sp³-hybridized carbons (Fsp3) is 0.900. The van der Waals surface area contributed by atoms with E-state index in [9.17, 15) is 4.79 Å². The largest absolute Gasteiger partial charge is 0.369 e. The molecular weight excluding hydrogens is 164 g/mol. The van der Waals surface area contributed by atoms with E-state index in [2.05, 4.69) is 19.2 Å². The van der Waals surface area contributed by atoms with Crippen LogP contribution in [0.2, 0.25) is 0 Å². The Bertz CT molecular complexity index is 203. The van der Waals surface area contributed by atoms with Gasteiger partial charge in [-0.15, -0.1) is 0 Å². The fourth-order valence-electron chi connectivity index (χ4n) is 1.89. The molecule has 0 radical (unpaired) electrons. The summed E-state index contributed by atoms with van der Waals surface area (Å²) in [5.74, 6) is 0.415. The maximum Gasteiger partial charge on any atom is 0.223 e. The number of hydrogen-bond acceptors (Lipinski definition) is 2. The zero-order valence-electron chi connectivity index (χ0n) is 8.76. The van der Waals surface area contributed by atoms with E-state index in [1.807, 2.05) is 6.92 Å². The van der Waals surface area contributed by atoms with Gasteiger partial charge >= 0.3 is 0 Å². The summed E-state index contributed by atoms with van der Waals surface area (Å²) in [6.07, 6.45) is 1.74. The van der Waals surface area contributed by atoms with Crippen LogP contribution in [0.25, 0.3) is 0 Å². The Morgan fingerprint density at radius 3 is 2.69 bits per heavy atom. The molecule has 2 unspecified atom stereocenters. The molecule has 3 N–H and O–H groups in total. The maximum absolute atomic E-state index is 11.2. The Hall–Kier alpha value is -0.570. The summed E-state index contributed by atoms with van der Waals surface area (Å²) in [5.41, 5.74) is 5.11. The molecule has 2 atom stereocenters. The van der Waals surface area contributed by atoms with Crippen molar-refractivity contribution in [2.24, 2.45) is 17.1 Å². The van der Waals surface area contributed by atoms with E-state index in [-0.39, 0.29) is 11.3 Å². The quantitative estimate of drug-likeness (QED) is 0.669. The predicted octanol–water partition coefficient (Wildman–Crippen LogP) is 0.886. The first-order valence-corrected chi connectivity index (χ1v) is 4.99. The first-order valence-electron chi connectivity index (χ1n) is 4.99. The molecule has 1 saturated heterocycles. The Labute approximate surface area is 80.1 Å². The highest BCUT2D eigenvalue weighted by atomic mass is 16.1. The van der Waals surface area contributed by atoms with Crippen LogP contribution in [0, 0.1) is 11.3 Å². The molecule has 0 spiro atoms. The van der Waals surface area contributed by atoms with E-state index in [4.69, 9.17) is 5.73 Å². The molecule has 1 heterocycles. The Balaban J connectivity index is 2.65. The summed E-state index contributed by atoms with van der Waals surface area (Å²) in [5, 5.41) is 3.42. The summed E-state index contributed by atoms with van der Waals surface area (Å²) in [6.45, 7) is 7.22. The van der Waals surface area contributed by atoms with Crippen molar-refractivity contribution < 1.29 is 4.79 Å². The monoisotopic (exact) mass is 184 g/mol. The minimum atomic E-state index is -0.291. The lowest BCUT2D eigenvalue weighted by Crippen LogP contribution is -2.50. The molecule has 1 aliphatic heterocycles. The van der Waals surface area contributed by atoms with Gasteiger partial charge in [0.25, 0.3) is 0 Å². The first kappa shape index (κ1) is 10.5. The van der Waals surface area contributed by atoms with Crippen LogP contribution in [-0.4, -0.2) is 18.5 Å². The highest BCUT2D eigenvalue weighted by Crippen LogP contribution is 2.32. The molecule has 13 heavy (non-hydrogen) atoms. The van der Waals surface area contributed by atoms with E-state index >= 15 is 0 Å². The van der Waals surface area contributed by atoms with E-state index in [1.165, 1.54) is 0 Å². The summed E-state index contributed by atoms with van der Waals surface area (Å²) >= 11 is 0. The van der Waals surface area contributed by atoms with Crippen LogP contribution in [0.15, 0.2) is 0 Å². The number of nitrogens with one attached hydrogen (secondary N) is 1. The lowest BCUT2D eigenvalue weighted by Gasteiger charge is -2.38. The first-order chi connectivity index (χ1) is 5.96. The lowest BCUT2D eigenvalue weighted by molar-refractivity contribution is -0.129. The molecule has 0 aromatic rings. The average Bonchev–Trinajstić information content (AvgIpc) is 2.04. The van der Waals surface area contributed by atoms with Gasteiger partial charge in [-0.25, -0.2) is 0 Å². The van der Waals surface area contributed by atoms with Gasteiger partial charge in [-0.3, -0.25) is 4.79 Å². The Kier molecular flexibility index (Phi) is 2.96. The zero-order chi connectivity index (χ0) is 10.1. The van der Waals surface area contributed by atoms with Crippen molar-refractivity contribution in [1.82, 2.24) is 5.32 Å². The third kappa shape index (κ3) is 2.21. The highest BCUT2D eigenvalue weighted by Gasteiger charge is 2.37. The number of primary amides is 1. The van der Waals surface area contributed by atoms with Gasteiger partial charge < -0.3 is 11.1 Å². The molecule has 0 aromatic heterocycles. The van der Waals surface area contributed by atoms with Crippen molar-refractivity contribution in [1.29, 1.82) is 0 Å². The van der Waals surface area contributed by atoms with Crippen LogP contribution in [0.4, 0.5) is 0 Å². The molecule has 1 aliphatic rings. The van der Waals surface area contributed by atoms with Gasteiger partial charge in [0.2, 0.25) is 5.91 Å². The van der Waals surface area contributed by atoms with E-state index in [0.29, 0.717) is 12.0 Å². The number of amides is 1. The van der Waals surface area contributed by atoms with Gasteiger partial charge in [0, 0.05) is 11.5 Å². The van der Waals surface area contributed by atoms with Crippen LogP contribution in [-0.2, 0) is 4.79 Å². The van der Waals surface area contributed by atoms with Crippen molar-refractivity contribution in [2.75, 3.05) is 6.54 Å². The molecule has 1 rings (SSSR count). The number of hydrogen-bond donors (Lipinski definition) is 2. The molecular formula is C10H20N2O.